The maximum absolute atomic E-state index is 8.04. The summed E-state index contributed by atoms with van der Waals surface area (Å²) < 4.78 is 4.92. The summed E-state index contributed by atoms with van der Waals surface area (Å²) in [5, 5.41) is 3.38. The summed E-state index contributed by atoms with van der Waals surface area (Å²) in [6.45, 7) is 3.98. The Labute approximate surface area is 65.5 Å². The van der Waals surface area contributed by atoms with Crippen molar-refractivity contribution in [2.75, 3.05) is 13.2 Å². The minimum atomic E-state index is -0.326. The standard InChI is InChI=1S/C7H9N3O/c1-3-5-11-6-7(4-2)9-10-8/h1,4,7H,2,5-6H2. The van der Waals surface area contributed by atoms with E-state index in [4.69, 9.17) is 16.7 Å². The van der Waals surface area contributed by atoms with E-state index in [1.165, 1.54) is 6.08 Å². The van der Waals surface area contributed by atoms with E-state index in [0.717, 1.165) is 0 Å². The van der Waals surface area contributed by atoms with Gasteiger partial charge < -0.3 is 4.74 Å². The summed E-state index contributed by atoms with van der Waals surface area (Å²) in [4.78, 5) is 2.61. The molecule has 0 aliphatic heterocycles. The van der Waals surface area contributed by atoms with Gasteiger partial charge in [0.05, 0.1) is 12.6 Å². The maximum atomic E-state index is 8.04. The molecule has 0 bridgehead atoms. The van der Waals surface area contributed by atoms with Crippen LogP contribution in [0, 0.1) is 12.3 Å². The molecular formula is C7H9N3O. The highest BCUT2D eigenvalue weighted by Crippen LogP contribution is 1.93. The van der Waals surface area contributed by atoms with E-state index in [9.17, 15) is 0 Å². The Kier molecular flexibility index (Phi) is 5.82. The zero-order valence-corrected chi connectivity index (χ0v) is 6.10. The lowest BCUT2D eigenvalue weighted by Gasteiger charge is -2.02. The molecule has 4 heteroatoms. The number of nitrogens with zero attached hydrogens (tertiary/aromatic N) is 3. The fourth-order valence-corrected chi connectivity index (χ4v) is 0.453. The van der Waals surface area contributed by atoms with Crippen molar-refractivity contribution < 1.29 is 4.74 Å². The van der Waals surface area contributed by atoms with Gasteiger partial charge in [0.15, 0.2) is 0 Å². The van der Waals surface area contributed by atoms with Gasteiger partial charge in [-0.05, 0) is 5.53 Å². The number of hydrogen-bond acceptors (Lipinski definition) is 2. The molecule has 0 radical (unpaired) electrons. The van der Waals surface area contributed by atoms with Crippen LogP contribution in [0.5, 0.6) is 0 Å². The summed E-state index contributed by atoms with van der Waals surface area (Å²) in [7, 11) is 0. The van der Waals surface area contributed by atoms with Crippen molar-refractivity contribution in [3.63, 3.8) is 0 Å². The third kappa shape index (κ3) is 5.04. The molecule has 0 aliphatic rings. The van der Waals surface area contributed by atoms with Crippen molar-refractivity contribution in [3.8, 4) is 12.3 Å². The lowest BCUT2D eigenvalue weighted by Crippen LogP contribution is -2.09. The highest BCUT2D eigenvalue weighted by Gasteiger charge is 1.98. The smallest absolute Gasteiger partial charge is 0.107 e. The van der Waals surface area contributed by atoms with Gasteiger partial charge in [0.25, 0.3) is 0 Å². The van der Waals surface area contributed by atoms with Crippen LogP contribution < -0.4 is 0 Å². The average Bonchev–Trinajstić information content (AvgIpc) is 2.03. The van der Waals surface area contributed by atoms with Crippen LogP contribution in [0.3, 0.4) is 0 Å². The third-order valence-corrected chi connectivity index (χ3v) is 0.946. The second-order valence-corrected chi connectivity index (χ2v) is 1.73. The molecule has 0 aromatic carbocycles. The molecular weight excluding hydrogens is 142 g/mol. The monoisotopic (exact) mass is 151 g/mol. The molecule has 58 valence electrons. The summed E-state index contributed by atoms with van der Waals surface area (Å²) in [6, 6.07) is -0.326. The number of rotatable bonds is 5. The third-order valence-electron chi connectivity index (χ3n) is 0.946. The van der Waals surface area contributed by atoms with Gasteiger partial charge >= 0.3 is 0 Å². The molecule has 1 atom stereocenters. The van der Waals surface area contributed by atoms with Gasteiger partial charge in [0.1, 0.15) is 6.61 Å². The summed E-state index contributed by atoms with van der Waals surface area (Å²) >= 11 is 0. The van der Waals surface area contributed by atoms with Crippen molar-refractivity contribution in [3.05, 3.63) is 23.1 Å². The zero-order chi connectivity index (χ0) is 8.53. The molecule has 0 N–H and O–H groups in total. The van der Waals surface area contributed by atoms with Gasteiger partial charge in [-0.25, -0.2) is 0 Å². The van der Waals surface area contributed by atoms with E-state index < -0.39 is 0 Å². The first-order valence-electron chi connectivity index (χ1n) is 3.03. The summed E-state index contributed by atoms with van der Waals surface area (Å²) in [5.74, 6) is 2.30. The Balaban J connectivity index is 3.62. The predicted octanol–water partition coefficient (Wildman–Crippen LogP) is 1.50. The van der Waals surface area contributed by atoms with E-state index in [-0.39, 0.29) is 19.3 Å². The van der Waals surface area contributed by atoms with E-state index in [0.29, 0.717) is 0 Å². The van der Waals surface area contributed by atoms with Crippen molar-refractivity contribution >= 4 is 0 Å². The second-order valence-electron chi connectivity index (χ2n) is 1.73. The zero-order valence-electron chi connectivity index (χ0n) is 6.10. The van der Waals surface area contributed by atoms with Gasteiger partial charge in [-0.1, -0.05) is 17.1 Å². The Bertz CT molecular complexity index is 200. The average molecular weight is 151 g/mol. The lowest BCUT2D eigenvalue weighted by molar-refractivity contribution is 0.162. The molecule has 0 aromatic heterocycles. The van der Waals surface area contributed by atoms with Crippen LogP contribution in [0.1, 0.15) is 0 Å². The first-order chi connectivity index (χ1) is 5.35. The second kappa shape index (κ2) is 6.69. The summed E-state index contributed by atoms with van der Waals surface area (Å²) in [6.07, 6.45) is 6.44. The van der Waals surface area contributed by atoms with Crippen LogP contribution in [0.15, 0.2) is 17.8 Å². The Morgan fingerprint density at radius 2 is 2.64 bits per heavy atom. The SMILES string of the molecule is C#CCOCC(C=C)N=[N+]=[N-]. The molecule has 4 nitrogen and oxygen atoms in total. The topological polar surface area (TPSA) is 58.0 Å². The molecule has 0 amide bonds. The van der Waals surface area contributed by atoms with Gasteiger partial charge in [0.2, 0.25) is 0 Å². The number of terminal acetylenes is 1. The minimum Gasteiger partial charge on any atom is -0.368 e. The molecule has 0 aliphatic carbocycles. The highest BCUT2D eigenvalue weighted by molar-refractivity contribution is 4.87. The van der Waals surface area contributed by atoms with Gasteiger partial charge in [-0.15, -0.1) is 13.0 Å². The van der Waals surface area contributed by atoms with Crippen LogP contribution in [0.4, 0.5) is 0 Å². The largest absolute Gasteiger partial charge is 0.368 e. The molecule has 0 aromatic rings. The van der Waals surface area contributed by atoms with Crippen molar-refractivity contribution in [1.29, 1.82) is 0 Å². The first kappa shape index (κ1) is 9.57. The van der Waals surface area contributed by atoms with E-state index in [1.807, 2.05) is 0 Å². The molecule has 0 saturated carbocycles. The number of azide groups is 1. The van der Waals surface area contributed by atoms with Crippen molar-refractivity contribution in [1.82, 2.24) is 0 Å². The van der Waals surface area contributed by atoms with Crippen LogP contribution in [0.25, 0.3) is 10.4 Å². The Morgan fingerprint density at radius 3 is 3.09 bits per heavy atom. The fraction of sp³-hybridized carbons (Fsp3) is 0.429. The van der Waals surface area contributed by atoms with Crippen LogP contribution in [0.2, 0.25) is 0 Å². The van der Waals surface area contributed by atoms with Gasteiger partial charge in [0, 0.05) is 4.91 Å². The Hall–Kier alpha value is -1.43. The Morgan fingerprint density at radius 1 is 1.91 bits per heavy atom. The van der Waals surface area contributed by atoms with Crippen LogP contribution >= 0.6 is 0 Å². The van der Waals surface area contributed by atoms with Gasteiger partial charge in [-0.2, -0.15) is 0 Å². The van der Waals surface area contributed by atoms with Crippen molar-refractivity contribution in [2.45, 2.75) is 6.04 Å². The van der Waals surface area contributed by atoms with Gasteiger partial charge in [-0.3, -0.25) is 0 Å². The lowest BCUT2D eigenvalue weighted by atomic mass is 10.3. The minimum absolute atomic E-state index is 0.227. The number of ether oxygens (including phenoxy) is 1. The molecule has 11 heavy (non-hydrogen) atoms. The normalized spacial score (nSPS) is 10.8. The van der Waals surface area contributed by atoms with E-state index in [2.05, 4.69) is 22.5 Å². The predicted molar refractivity (Wildman–Crippen MR) is 42.8 cm³/mol. The summed E-state index contributed by atoms with van der Waals surface area (Å²) in [5.41, 5.74) is 8.04. The molecule has 0 heterocycles. The number of hydrogen-bond donors (Lipinski definition) is 0. The molecule has 0 fully saturated rings. The first-order valence-corrected chi connectivity index (χ1v) is 3.03. The van der Waals surface area contributed by atoms with Crippen LogP contribution in [-0.4, -0.2) is 19.3 Å². The highest BCUT2D eigenvalue weighted by atomic mass is 16.5. The van der Waals surface area contributed by atoms with E-state index in [1.54, 1.807) is 0 Å². The molecule has 1 unspecified atom stereocenters. The van der Waals surface area contributed by atoms with Crippen molar-refractivity contribution in [2.24, 2.45) is 5.11 Å². The molecule has 0 rings (SSSR count). The molecule has 0 saturated heterocycles. The van der Waals surface area contributed by atoms with E-state index >= 15 is 0 Å². The molecule has 0 spiro atoms. The maximum Gasteiger partial charge on any atom is 0.107 e. The fourth-order valence-electron chi connectivity index (χ4n) is 0.453. The quantitative estimate of drug-likeness (QED) is 0.147. The van der Waals surface area contributed by atoms with Crippen LogP contribution in [-0.2, 0) is 4.74 Å².